The Morgan fingerprint density at radius 1 is 0.440 bits per heavy atom. The topological polar surface area (TPSA) is 118 Å². The van der Waals surface area contributed by atoms with Gasteiger partial charge in [-0.25, -0.2) is 9.80 Å². The van der Waals surface area contributed by atoms with Crippen LogP contribution in [-0.4, -0.2) is 37.1 Å². The molecule has 0 bridgehead atoms. The molecule has 0 atom stereocenters. The Balaban J connectivity index is 0.686. The number of benzene rings is 8. The standard InChI is InChI=1S/C63H44N4O8/c1-5-39-9-7-11-45(29-39)64-35-41-31-47(17-27-57(41)72-37-64)66-59(68)53-25-23-51(33-55(53)61(66)70)74-49-19-13-43(14-20-49)63(3,4)44-15-21-50(22-16-44)75-52-24-26-54-56(34-52)62(71)67(60(54)69)48-18-28-58-42(32-48)36-65(38-73-58)46-12-8-10-40(6-2)30-46/h1-2,7-34H,35-38H2,3-4H3. The Morgan fingerprint density at radius 2 is 0.840 bits per heavy atom. The minimum absolute atomic E-state index is 0.255. The van der Waals surface area contributed by atoms with Crippen LogP contribution in [-0.2, 0) is 18.5 Å². The fourth-order valence-corrected chi connectivity index (χ4v) is 10.0. The average molecular weight is 985 g/mol. The predicted molar refractivity (Wildman–Crippen MR) is 285 cm³/mol. The Kier molecular flexibility index (Phi) is 11.2. The number of imide groups is 2. The lowest BCUT2D eigenvalue weighted by Gasteiger charge is -2.31. The summed E-state index contributed by atoms with van der Waals surface area (Å²) in [6, 6.07) is 51.3. The van der Waals surface area contributed by atoms with E-state index in [-0.39, 0.29) is 11.1 Å². The molecule has 4 heterocycles. The van der Waals surface area contributed by atoms with Crippen LogP contribution in [0.1, 0.15) is 88.7 Å². The van der Waals surface area contributed by atoms with Crippen LogP contribution in [0.4, 0.5) is 22.7 Å². The van der Waals surface area contributed by atoms with Gasteiger partial charge in [0.25, 0.3) is 23.6 Å². The number of amides is 4. The number of carbonyl (C=O) groups is 4. The highest BCUT2D eigenvalue weighted by molar-refractivity contribution is 6.35. The van der Waals surface area contributed by atoms with Crippen molar-refractivity contribution in [2.45, 2.75) is 32.4 Å². The van der Waals surface area contributed by atoms with Crippen LogP contribution in [0.15, 0.2) is 170 Å². The van der Waals surface area contributed by atoms with E-state index in [0.29, 0.717) is 83.5 Å². The van der Waals surface area contributed by atoms with Gasteiger partial charge >= 0.3 is 0 Å². The van der Waals surface area contributed by atoms with Crippen LogP contribution in [0.25, 0.3) is 0 Å². The Morgan fingerprint density at radius 3 is 1.25 bits per heavy atom. The summed E-state index contributed by atoms with van der Waals surface area (Å²) in [6.07, 6.45) is 11.3. The van der Waals surface area contributed by atoms with E-state index >= 15 is 0 Å². The van der Waals surface area contributed by atoms with Gasteiger partial charge in [0.1, 0.15) is 34.5 Å². The van der Waals surface area contributed by atoms with Gasteiger partial charge in [-0.3, -0.25) is 19.2 Å². The average Bonchev–Trinajstić information content (AvgIpc) is 3.86. The van der Waals surface area contributed by atoms with Crippen molar-refractivity contribution < 1.29 is 38.1 Å². The number of terminal acetylenes is 2. The van der Waals surface area contributed by atoms with Crippen LogP contribution in [0.5, 0.6) is 34.5 Å². The van der Waals surface area contributed by atoms with Gasteiger partial charge < -0.3 is 28.7 Å². The summed E-state index contributed by atoms with van der Waals surface area (Å²) < 4.78 is 24.6. The number of carbonyl (C=O) groups excluding carboxylic acids is 4. The molecule has 8 aromatic carbocycles. The number of hydrogen-bond acceptors (Lipinski definition) is 10. The van der Waals surface area contributed by atoms with Gasteiger partial charge in [0.05, 0.1) is 33.6 Å². The molecule has 75 heavy (non-hydrogen) atoms. The SMILES string of the molecule is C#Cc1cccc(N2COc3ccc(N4C(=O)c5ccc(Oc6ccc(C(C)(C)c7ccc(Oc8ccc9c(c8)C(=O)N(c8ccc%10c(c8)CN(c8cccc(C#C)c8)CO%10)C9=O)cc7)cc6)cc5C4=O)cc3C2)c1. The molecule has 0 saturated heterocycles. The predicted octanol–water partition coefficient (Wildman–Crippen LogP) is 11.9. The van der Waals surface area contributed by atoms with Gasteiger partial charge in [0.2, 0.25) is 0 Å². The van der Waals surface area contributed by atoms with Crippen LogP contribution in [0.3, 0.4) is 0 Å². The van der Waals surface area contributed by atoms with Gasteiger partial charge in [-0.2, -0.15) is 0 Å². The third-order valence-corrected chi connectivity index (χ3v) is 14.2. The molecule has 8 aromatic rings. The molecule has 364 valence electrons. The van der Waals surface area contributed by atoms with Crippen molar-refractivity contribution in [3.8, 4) is 59.2 Å². The molecule has 0 fully saturated rings. The van der Waals surface area contributed by atoms with Gasteiger partial charge in [-0.1, -0.05) is 62.1 Å². The summed E-state index contributed by atoms with van der Waals surface area (Å²) >= 11 is 0. The van der Waals surface area contributed by atoms with Gasteiger partial charge in [-0.05, 0) is 145 Å². The third kappa shape index (κ3) is 8.30. The zero-order valence-electron chi connectivity index (χ0n) is 40.7. The molecule has 0 unspecified atom stereocenters. The molecule has 0 N–H and O–H groups in total. The molecule has 0 aromatic heterocycles. The number of rotatable bonds is 10. The Hall–Kier alpha value is -10.0. The number of fused-ring (bicyclic) bond motifs is 4. The number of ether oxygens (including phenoxy) is 4. The first-order valence-corrected chi connectivity index (χ1v) is 24.2. The maximum atomic E-state index is 13.9. The summed E-state index contributed by atoms with van der Waals surface area (Å²) in [6.45, 7) is 5.92. The molecule has 4 aliphatic rings. The van der Waals surface area contributed by atoms with E-state index in [4.69, 9.17) is 31.8 Å². The third-order valence-electron chi connectivity index (χ3n) is 14.2. The van der Waals surface area contributed by atoms with Crippen LogP contribution in [0, 0.1) is 24.7 Å². The molecule has 0 aliphatic carbocycles. The fraction of sp³-hybridized carbons (Fsp3) is 0.111. The highest BCUT2D eigenvalue weighted by Gasteiger charge is 2.39. The summed E-state index contributed by atoms with van der Waals surface area (Å²) in [4.78, 5) is 61.6. The van der Waals surface area contributed by atoms with E-state index < -0.39 is 29.0 Å². The van der Waals surface area contributed by atoms with Crippen molar-refractivity contribution in [2.24, 2.45) is 0 Å². The van der Waals surface area contributed by atoms with Crippen molar-refractivity contribution in [1.29, 1.82) is 0 Å². The van der Waals surface area contributed by atoms with Crippen molar-refractivity contribution in [1.82, 2.24) is 0 Å². The maximum Gasteiger partial charge on any atom is 0.266 e. The van der Waals surface area contributed by atoms with E-state index in [1.54, 1.807) is 60.7 Å². The minimum Gasteiger partial charge on any atom is -0.473 e. The lowest BCUT2D eigenvalue weighted by Crippen LogP contribution is -2.33. The first kappa shape index (κ1) is 46.1. The zero-order valence-corrected chi connectivity index (χ0v) is 40.7. The lowest BCUT2D eigenvalue weighted by atomic mass is 9.78. The van der Waals surface area contributed by atoms with E-state index in [1.165, 1.54) is 9.80 Å². The molecule has 0 spiro atoms. The first-order chi connectivity index (χ1) is 36.4. The second-order valence-electron chi connectivity index (χ2n) is 19.1. The highest BCUT2D eigenvalue weighted by atomic mass is 16.5. The largest absolute Gasteiger partial charge is 0.473 e. The van der Waals surface area contributed by atoms with Gasteiger partial charge in [0.15, 0.2) is 13.5 Å². The molecule has 12 rings (SSSR count). The summed E-state index contributed by atoms with van der Waals surface area (Å²) in [5, 5.41) is 0. The Bertz CT molecular complexity index is 3550. The maximum absolute atomic E-state index is 13.9. The quantitative estimate of drug-likeness (QED) is 0.0968. The van der Waals surface area contributed by atoms with Crippen LogP contribution >= 0.6 is 0 Å². The second kappa shape index (κ2) is 18.2. The Labute approximate surface area is 432 Å². The van der Waals surface area contributed by atoms with E-state index in [1.807, 2.05) is 119 Å². The van der Waals surface area contributed by atoms with Gasteiger partial charge in [0, 0.05) is 52.1 Å². The number of hydrogen-bond donors (Lipinski definition) is 0. The van der Waals surface area contributed by atoms with Gasteiger partial charge in [-0.15, -0.1) is 12.8 Å². The molecule has 12 nitrogen and oxygen atoms in total. The monoisotopic (exact) mass is 984 g/mol. The molecule has 4 aliphatic heterocycles. The number of anilines is 4. The fourth-order valence-electron chi connectivity index (χ4n) is 10.0. The summed E-state index contributed by atoms with van der Waals surface area (Å²) in [5.41, 5.74) is 8.63. The van der Waals surface area contributed by atoms with Crippen LogP contribution in [0.2, 0.25) is 0 Å². The molecule has 4 amide bonds. The highest BCUT2D eigenvalue weighted by Crippen LogP contribution is 2.40. The number of nitrogens with zero attached hydrogens (tertiary/aromatic N) is 4. The van der Waals surface area contributed by atoms with Crippen molar-refractivity contribution in [2.75, 3.05) is 33.1 Å². The molecular formula is C63H44N4O8. The summed E-state index contributed by atoms with van der Waals surface area (Å²) in [5.74, 6) is 6.96. The molecular weight excluding hydrogens is 941 g/mol. The van der Waals surface area contributed by atoms with E-state index in [2.05, 4.69) is 25.7 Å². The molecule has 12 heteroatoms. The van der Waals surface area contributed by atoms with Crippen molar-refractivity contribution in [3.63, 3.8) is 0 Å². The summed E-state index contributed by atoms with van der Waals surface area (Å²) in [7, 11) is 0. The molecule has 0 saturated carbocycles. The smallest absolute Gasteiger partial charge is 0.266 e. The van der Waals surface area contributed by atoms with Crippen molar-refractivity contribution in [3.05, 3.63) is 225 Å². The minimum atomic E-state index is -0.439. The normalized spacial score (nSPS) is 14.5. The lowest BCUT2D eigenvalue weighted by molar-refractivity contribution is 0.0910. The van der Waals surface area contributed by atoms with Crippen LogP contribution < -0.4 is 38.5 Å². The molecule has 0 radical (unpaired) electrons. The van der Waals surface area contributed by atoms with E-state index in [0.717, 1.165) is 44.8 Å². The van der Waals surface area contributed by atoms with E-state index in [9.17, 15) is 19.2 Å². The van der Waals surface area contributed by atoms with Crippen molar-refractivity contribution >= 4 is 46.4 Å². The second-order valence-corrected chi connectivity index (χ2v) is 19.1. The zero-order chi connectivity index (χ0) is 51.5. The first-order valence-electron chi connectivity index (χ1n) is 24.2.